The standard InChI is InChI=1S/C19H21N3O4S2/c1-11-10-27-19(25)22(11)9-16(23)26-12(2)17(24)21-18-14(8-20)13-6-4-3-5-7-15(13)28-18/h10,12H,3-7,9H2,1-2H3,(H,21,24)/t12-/m1/s1. The fourth-order valence-corrected chi connectivity index (χ4v) is 5.15. The highest BCUT2D eigenvalue weighted by Gasteiger charge is 2.24. The average molecular weight is 420 g/mol. The Morgan fingerprint density at radius 2 is 2.11 bits per heavy atom. The molecule has 1 N–H and O–H groups in total. The molecule has 2 aromatic heterocycles. The first-order valence-corrected chi connectivity index (χ1v) is 10.8. The third-order valence-electron chi connectivity index (χ3n) is 4.71. The summed E-state index contributed by atoms with van der Waals surface area (Å²) in [7, 11) is 0. The van der Waals surface area contributed by atoms with Crippen LogP contribution in [-0.4, -0.2) is 22.5 Å². The number of thiophene rings is 1. The highest BCUT2D eigenvalue weighted by atomic mass is 32.1. The van der Waals surface area contributed by atoms with Crippen LogP contribution in [0.25, 0.3) is 0 Å². The molecule has 0 saturated heterocycles. The smallest absolute Gasteiger partial charge is 0.326 e. The first-order chi connectivity index (χ1) is 13.4. The maximum absolute atomic E-state index is 12.5. The first-order valence-electron chi connectivity index (χ1n) is 9.10. The van der Waals surface area contributed by atoms with Crippen LogP contribution in [-0.2, 0) is 33.7 Å². The van der Waals surface area contributed by atoms with Gasteiger partial charge in [-0.1, -0.05) is 17.8 Å². The van der Waals surface area contributed by atoms with Crippen LogP contribution in [0.5, 0.6) is 0 Å². The Kier molecular flexibility index (Phi) is 6.31. The fraction of sp³-hybridized carbons (Fsp3) is 0.474. The summed E-state index contributed by atoms with van der Waals surface area (Å²) in [5.74, 6) is -1.15. The van der Waals surface area contributed by atoms with Crippen molar-refractivity contribution in [2.24, 2.45) is 0 Å². The number of carbonyl (C=O) groups excluding carboxylic acids is 2. The highest BCUT2D eigenvalue weighted by Crippen LogP contribution is 2.37. The highest BCUT2D eigenvalue weighted by molar-refractivity contribution is 7.16. The van der Waals surface area contributed by atoms with Crippen molar-refractivity contribution in [3.8, 4) is 6.07 Å². The van der Waals surface area contributed by atoms with Crippen molar-refractivity contribution in [3.05, 3.63) is 36.7 Å². The molecule has 1 aliphatic rings. The number of hydrogen-bond donors (Lipinski definition) is 1. The summed E-state index contributed by atoms with van der Waals surface area (Å²) in [5, 5.41) is 14.5. The first kappa shape index (κ1) is 20.3. The molecule has 28 heavy (non-hydrogen) atoms. The zero-order valence-electron chi connectivity index (χ0n) is 15.7. The summed E-state index contributed by atoms with van der Waals surface area (Å²) in [6.45, 7) is 2.97. The van der Waals surface area contributed by atoms with Gasteiger partial charge in [0.1, 0.15) is 17.6 Å². The molecule has 0 aliphatic heterocycles. The van der Waals surface area contributed by atoms with Gasteiger partial charge in [0.2, 0.25) is 0 Å². The molecule has 0 bridgehead atoms. The number of amides is 1. The molecular weight excluding hydrogens is 398 g/mol. The van der Waals surface area contributed by atoms with Crippen molar-refractivity contribution >= 4 is 39.6 Å². The molecule has 2 aromatic rings. The second kappa shape index (κ2) is 8.71. The molecule has 1 amide bonds. The quantitative estimate of drug-likeness (QED) is 0.593. The summed E-state index contributed by atoms with van der Waals surface area (Å²) >= 11 is 2.44. The van der Waals surface area contributed by atoms with Gasteiger partial charge >= 0.3 is 10.8 Å². The van der Waals surface area contributed by atoms with E-state index in [4.69, 9.17) is 4.74 Å². The lowest BCUT2D eigenvalue weighted by Gasteiger charge is -2.13. The lowest BCUT2D eigenvalue weighted by atomic mass is 10.1. The van der Waals surface area contributed by atoms with Crippen LogP contribution in [0.4, 0.5) is 5.00 Å². The van der Waals surface area contributed by atoms with E-state index in [0.717, 1.165) is 53.9 Å². The van der Waals surface area contributed by atoms with Gasteiger partial charge in [0.05, 0.1) is 5.56 Å². The number of aromatic nitrogens is 1. The van der Waals surface area contributed by atoms with E-state index in [1.807, 2.05) is 0 Å². The summed E-state index contributed by atoms with van der Waals surface area (Å²) in [4.78, 5) is 37.2. The Balaban J connectivity index is 1.65. The minimum Gasteiger partial charge on any atom is -0.451 e. The van der Waals surface area contributed by atoms with E-state index in [9.17, 15) is 19.6 Å². The Morgan fingerprint density at radius 3 is 2.79 bits per heavy atom. The fourth-order valence-electron chi connectivity index (χ4n) is 3.18. The second-order valence-corrected chi connectivity index (χ2v) is 8.66. The van der Waals surface area contributed by atoms with Crippen molar-refractivity contribution in [1.29, 1.82) is 5.26 Å². The predicted molar refractivity (Wildman–Crippen MR) is 108 cm³/mol. The number of aryl methyl sites for hydroxylation is 2. The van der Waals surface area contributed by atoms with Gasteiger partial charge in [0.15, 0.2) is 6.10 Å². The van der Waals surface area contributed by atoms with Gasteiger partial charge in [-0.25, -0.2) is 0 Å². The number of ether oxygens (including phenoxy) is 1. The molecule has 0 saturated carbocycles. The van der Waals surface area contributed by atoms with Crippen LogP contribution >= 0.6 is 22.7 Å². The number of nitrogens with one attached hydrogen (secondary N) is 1. The zero-order chi connectivity index (χ0) is 20.3. The Morgan fingerprint density at radius 1 is 1.36 bits per heavy atom. The van der Waals surface area contributed by atoms with Crippen LogP contribution in [0.2, 0.25) is 0 Å². The molecule has 9 heteroatoms. The van der Waals surface area contributed by atoms with Gasteiger partial charge in [-0.15, -0.1) is 11.3 Å². The van der Waals surface area contributed by atoms with Crippen LogP contribution in [0.1, 0.15) is 47.9 Å². The predicted octanol–water partition coefficient (Wildman–Crippen LogP) is 2.99. The second-order valence-electron chi connectivity index (χ2n) is 6.73. The van der Waals surface area contributed by atoms with Crippen molar-refractivity contribution in [1.82, 2.24) is 4.57 Å². The lowest BCUT2D eigenvalue weighted by Crippen LogP contribution is -2.32. The van der Waals surface area contributed by atoms with E-state index in [1.54, 1.807) is 12.3 Å². The van der Waals surface area contributed by atoms with E-state index >= 15 is 0 Å². The van der Waals surface area contributed by atoms with Crippen molar-refractivity contribution in [2.75, 3.05) is 5.32 Å². The molecule has 0 fully saturated rings. The van der Waals surface area contributed by atoms with E-state index in [1.165, 1.54) is 22.8 Å². The number of rotatable bonds is 5. The number of thiazole rings is 1. The number of hydrogen-bond acceptors (Lipinski definition) is 7. The molecule has 0 aromatic carbocycles. The van der Waals surface area contributed by atoms with Gasteiger partial charge in [-0.05, 0) is 45.1 Å². The monoisotopic (exact) mass is 419 g/mol. The largest absolute Gasteiger partial charge is 0.451 e. The summed E-state index contributed by atoms with van der Waals surface area (Å²) in [5.41, 5.74) is 2.23. The Hall–Kier alpha value is -2.44. The lowest BCUT2D eigenvalue weighted by molar-refractivity contribution is -0.153. The van der Waals surface area contributed by atoms with Crippen LogP contribution in [0, 0.1) is 18.3 Å². The maximum Gasteiger partial charge on any atom is 0.326 e. The Bertz CT molecular complexity index is 996. The van der Waals surface area contributed by atoms with Gasteiger partial charge in [0, 0.05) is 16.0 Å². The van der Waals surface area contributed by atoms with Gasteiger partial charge in [-0.3, -0.25) is 19.0 Å². The summed E-state index contributed by atoms with van der Waals surface area (Å²) in [6, 6.07) is 2.21. The molecule has 2 heterocycles. The minimum atomic E-state index is -1.03. The number of anilines is 1. The Labute approximate surface area is 170 Å². The van der Waals surface area contributed by atoms with Crippen LogP contribution in [0.15, 0.2) is 10.2 Å². The molecule has 148 valence electrons. The zero-order valence-corrected chi connectivity index (χ0v) is 17.4. The molecular formula is C19H21N3O4S2. The van der Waals surface area contributed by atoms with Crippen molar-refractivity contribution < 1.29 is 14.3 Å². The summed E-state index contributed by atoms with van der Waals surface area (Å²) < 4.78 is 6.49. The van der Waals surface area contributed by atoms with Crippen molar-refractivity contribution in [2.45, 2.75) is 58.6 Å². The van der Waals surface area contributed by atoms with Crippen LogP contribution < -0.4 is 10.2 Å². The normalized spacial score (nSPS) is 14.5. The third-order valence-corrected chi connectivity index (χ3v) is 6.80. The van der Waals surface area contributed by atoms with E-state index < -0.39 is 18.0 Å². The number of esters is 1. The third kappa shape index (κ3) is 4.34. The van der Waals surface area contributed by atoms with E-state index in [-0.39, 0.29) is 11.4 Å². The molecule has 0 unspecified atom stereocenters. The maximum atomic E-state index is 12.5. The molecule has 7 nitrogen and oxygen atoms in total. The minimum absolute atomic E-state index is 0.234. The van der Waals surface area contributed by atoms with Crippen LogP contribution in [0.3, 0.4) is 0 Å². The topological polar surface area (TPSA) is 101 Å². The van der Waals surface area contributed by atoms with Gasteiger partial charge in [-0.2, -0.15) is 5.26 Å². The molecule has 3 rings (SSSR count). The summed E-state index contributed by atoms with van der Waals surface area (Å²) in [6.07, 6.45) is 4.01. The SMILES string of the molecule is Cc1csc(=O)n1CC(=O)O[C@H](C)C(=O)Nc1sc2c(c1C#N)CCCCC2. The van der Waals surface area contributed by atoms with E-state index in [2.05, 4.69) is 11.4 Å². The van der Waals surface area contributed by atoms with E-state index in [0.29, 0.717) is 16.3 Å². The number of nitriles is 1. The number of nitrogens with zero attached hydrogens (tertiary/aromatic N) is 2. The van der Waals surface area contributed by atoms with Crippen molar-refractivity contribution in [3.63, 3.8) is 0 Å². The average Bonchev–Trinajstić information content (AvgIpc) is 3.04. The van der Waals surface area contributed by atoms with Gasteiger partial charge in [0.25, 0.3) is 5.91 Å². The molecule has 0 radical (unpaired) electrons. The van der Waals surface area contributed by atoms with Gasteiger partial charge < -0.3 is 10.1 Å². The molecule has 1 atom stereocenters. The molecule has 0 spiro atoms. The number of carbonyl (C=O) groups is 2. The number of fused-ring (bicyclic) bond motifs is 1. The molecule has 1 aliphatic carbocycles.